The Morgan fingerprint density at radius 3 is 2.56 bits per heavy atom. The van der Waals surface area contributed by atoms with Gasteiger partial charge in [-0.3, -0.25) is 4.79 Å². The number of likely N-dealkylation sites (tertiary alicyclic amines) is 1. The van der Waals surface area contributed by atoms with Crippen LogP contribution in [0.25, 0.3) is 0 Å². The number of ether oxygens (including phenoxy) is 2. The molecule has 6 heteroatoms. The third-order valence-corrected chi connectivity index (χ3v) is 4.52. The molecule has 1 unspecified atom stereocenters. The maximum atomic E-state index is 13.0. The van der Waals surface area contributed by atoms with Crippen molar-refractivity contribution in [2.75, 3.05) is 27.3 Å². The first-order chi connectivity index (χ1) is 12.1. The summed E-state index contributed by atoms with van der Waals surface area (Å²) in [5, 5.41) is 0. The Labute approximate surface area is 147 Å². The zero-order chi connectivity index (χ0) is 17.8. The molecule has 0 aliphatic carbocycles. The van der Waals surface area contributed by atoms with E-state index in [4.69, 9.17) is 9.47 Å². The van der Waals surface area contributed by atoms with Gasteiger partial charge in [0.25, 0.3) is 5.91 Å². The first kappa shape index (κ1) is 17.2. The second-order valence-electron chi connectivity index (χ2n) is 6.22. The average molecular weight is 341 g/mol. The van der Waals surface area contributed by atoms with E-state index in [-0.39, 0.29) is 11.8 Å². The molecule has 1 aromatic heterocycles. The smallest absolute Gasteiger partial charge is 0.254 e. The van der Waals surface area contributed by atoms with Crippen molar-refractivity contribution in [3.8, 4) is 11.5 Å². The minimum Gasteiger partial charge on any atom is -0.497 e. The van der Waals surface area contributed by atoms with Crippen LogP contribution in [0.5, 0.6) is 11.5 Å². The van der Waals surface area contributed by atoms with Gasteiger partial charge in [0.2, 0.25) is 0 Å². The fourth-order valence-corrected chi connectivity index (χ4v) is 3.22. The van der Waals surface area contributed by atoms with Gasteiger partial charge in [0.1, 0.15) is 17.3 Å². The van der Waals surface area contributed by atoms with Crippen LogP contribution in [0.4, 0.5) is 0 Å². The number of hydrogen-bond acceptors (Lipinski definition) is 5. The van der Waals surface area contributed by atoms with Crippen molar-refractivity contribution in [1.82, 2.24) is 14.9 Å². The summed E-state index contributed by atoms with van der Waals surface area (Å²) in [6, 6.07) is 7.21. The molecule has 6 nitrogen and oxygen atoms in total. The van der Waals surface area contributed by atoms with Gasteiger partial charge < -0.3 is 14.4 Å². The van der Waals surface area contributed by atoms with Gasteiger partial charge in [0.15, 0.2) is 0 Å². The first-order valence-electron chi connectivity index (χ1n) is 8.42. The van der Waals surface area contributed by atoms with E-state index in [0.29, 0.717) is 23.6 Å². The van der Waals surface area contributed by atoms with E-state index < -0.39 is 0 Å². The molecular weight excluding hydrogens is 318 g/mol. The molecule has 1 saturated heterocycles. The van der Waals surface area contributed by atoms with Crippen molar-refractivity contribution in [3.63, 3.8) is 0 Å². The number of methoxy groups -OCH3 is 2. The van der Waals surface area contributed by atoms with Gasteiger partial charge in [-0.15, -0.1) is 0 Å². The van der Waals surface area contributed by atoms with Crippen LogP contribution < -0.4 is 9.47 Å². The van der Waals surface area contributed by atoms with Crippen LogP contribution in [0.2, 0.25) is 0 Å². The average Bonchev–Trinajstić information content (AvgIpc) is 2.67. The number of nitrogens with zero attached hydrogens (tertiary/aromatic N) is 3. The Morgan fingerprint density at radius 1 is 1.20 bits per heavy atom. The van der Waals surface area contributed by atoms with Crippen LogP contribution in [0.15, 0.2) is 30.5 Å². The number of piperidine rings is 1. The topological polar surface area (TPSA) is 64.6 Å². The van der Waals surface area contributed by atoms with E-state index in [9.17, 15) is 4.79 Å². The number of amides is 1. The zero-order valence-electron chi connectivity index (χ0n) is 14.9. The number of carbonyl (C=O) groups excluding carboxylic acids is 1. The second-order valence-corrected chi connectivity index (χ2v) is 6.22. The normalized spacial score (nSPS) is 17.2. The van der Waals surface area contributed by atoms with Crippen LogP contribution in [-0.4, -0.2) is 48.1 Å². The van der Waals surface area contributed by atoms with Gasteiger partial charge >= 0.3 is 0 Å². The predicted octanol–water partition coefficient (Wildman–Crippen LogP) is 2.82. The van der Waals surface area contributed by atoms with Crippen LogP contribution in [-0.2, 0) is 0 Å². The van der Waals surface area contributed by atoms with Crippen molar-refractivity contribution in [2.24, 2.45) is 0 Å². The number of hydrogen-bond donors (Lipinski definition) is 0. The Hall–Kier alpha value is -2.63. The number of aryl methyl sites for hydroxylation is 1. The van der Waals surface area contributed by atoms with Gasteiger partial charge in [-0.05, 0) is 38.0 Å². The largest absolute Gasteiger partial charge is 0.497 e. The zero-order valence-corrected chi connectivity index (χ0v) is 14.9. The summed E-state index contributed by atoms with van der Waals surface area (Å²) < 4.78 is 10.5. The molecule has 1 atom stereocenters. The van der Waals surface area contributed by atoms with E-state index >= 15 is 0 Å². The van der Waals surface area contributed by atoms with E-state index in [1.807, 2.05) is 17.9 Å². The minimum atomic E-state index is -0.00678. The fraction of sp³-hybridized carbons (Fsp3) is 0.421. The first-order valence-corrected chi connectivity index (χ1v) is 8.42. The standard InChI is InChI=1S/C19H23N3O3/c1-13-20-7-6-18(21-13)14-5-4-8-22(12-14)19(23)15-9-16(24-2)11-17(10-15)25-3/h6-7,9-11,14H,4-5,8,12H2,1-3H3. The molecule has 3 rings (SSSR count). The van der Waals surface area contributed by atoms with Gasteiger partial charge in [0, 0.05) is 42.5 Å². The van der Waals surface area contributed by atoms with Crippen molar-refractivity contribution in [2.45, 2.75) is 25.7 Å². The Morgan fingerprint density at radius 2 is 1.92 bits per heavy atom. The highest BCUT2D eigenvalue weighted by Gasteiger charge is 2.27. The van der Waals surface area contributed by atoms with Crippen molar-refractivity contribution in [3.05, 3.63) is 47.5 Å². The monoisotopic (exact) mass is 341 g/mol. The lowest BCUT2D eigenvalue weighted by Gasteiger charge is -2.32. The third kappa shape index (κ3) is 3.90. The molecule has 1 aliphatic heterocycles. The molecule has 0 radical (unpaired) electrons. The SMILES string of the molecule is COc1cc(OC)cc(C(=O)N2CCCC(c3ccnc(C)n3)C2)c1. The molecule has 2 aromatic rings. The Bertz CT molecular complexity index is 741. The lowest BCUT2D eigenvalue weighted by molar-refractivity contribution is 0.0705. The van der Waals surface area contributed by atoms with Crippen LogP contribution in [0.3, 0.4) is 0 Å². The number of carbonyl (C=O) groups is 1. The summed E-state index contributed by atoms with van der Waals surface area (Å²) >= 11 is 0. The highest BCUT2D eigenvalue weighted by molar-refractivity contribution is 5.95. The number of benzene rings is 1. The number of rotatable bonds is 4. The Balaban J connectivity index is 1.80. The van der Waals surface area contributed by atoms with E-state index in [1.165, 1.54) is 0 Å². The summed E-state index contributed by atoms with van der Waals surface area (Å²) in [5.74, 6) is 2.23. The lowest BCUT2D eigenvalue weighted by Crippen LogP contribution is -2.39. The summed E-state index contributed by atoms with van der Waals surface area (Å²) in [6.45, 7) is 3.30. The van der Waals surface area contributed by atoms with Crippen molar-refractivity contribution in [1.29, 1.82) is 0 Å². The molecule has 0 N–H and O–H groups in total. The highest BCUT2D eigenvalue weighted by atomic mass is 16.5. The lowest BCUT2D eigenvalue weighted by atomic mass is 9.94. The van der Waals surface area contributed by atoms with E-state index in [1.54, 1.807) is 38.6 Å². The van der Waals surface area contributed by atoms with Crippen LogP contribution in [0, 0.1) is 6.92 Å². The van der Waals surface area contributed by atoms with Gasteiger partial charge in [-0.25, -0.2) is 9.97 Å². The quantitative estimate of drug-likeness (QED) is 0.855. The highest BCUT2D eigenvalue weighted by Crippen LogP contribution is 2.28. The fourth-order valence-electron chi connectivity index (χ4n) is 3.22. The molecule has 1 amide bonds. The molecule has 132 valence electrons. The summed E-state index contributed by atoms with van der Waals surface area (Å²) in [4.78, 5) is 23.5. The van der Waals surface area contributed by atoms with Gasteiger partial charge in [-0.1, -0.05) is 0 Å². The summed E-state index contributed by atoms with van der Waals surface area (Å²) in [6.07, 6.45) is 3.77. The molecule has 1 aromatic carbocycles. The summed E-state index contributed by atoms with van der Waals surface area (Å²) in [7, 11) is 3.16. The molecule has 2 heterocycles. The third-order valence-electron chi connectivity index (χ3n) is 4.52. The molecule has 0 saturated carbocycles. The summed E-state index contributed by atoms with van der Waals surface area (Å²) in [5.41, 5.74) is 1.59. The maximum absolute atomic E-state index is 13.0. The van der Waals surface area contributed by atoms with Gasteiger partial charge in [0.05, 0.1) is 14.2 Å². The molecule has 1 aliphatic rings. The molecule has 0 spiro atoms. The van der Waals surface area contributed by atoms with E-state index in [0.717, 1.165) is 30.9 Å². The number of aromatic nitrogens is 2. The predicted molar refractivity (Wildman–Crippen MR) is 94.2 cm³/mol. The maximum Gasteiger partial charge on any atom is 0.254 e. The second kappa shape index (κ2) is 7.51. The molecule has 1 fully saturated rings. The van der Waals surface area contributed by atoms with Gasteiger partial charge in [-0.2, -0.15) is 0 Å². The van der Waals surface area contributed by atoms with Crippen molar-refractivity contribution < 1.29 is 14.3 Å². The minimum absolute atomic E-state index is 0.00678. The van der Waals surface area contributed by atoms with E-state index in [2.05, 4.69) is 9.97 Å². The Kier molecular flexibility index (Phi) is 5.16. The van der Waals surface area contributed by atoms with Crippen LogP contribution in [0.1, 0.15) is 40.6 Å². The van der Waals surface area contributed by atoms with Crippen molar-refractivity contribution >= 4 is 5.91 Å². The molecule has 25 heavy (non-hydrogen) atoms. The molecule has 0 bridgehead atoms. The van der Waals surface area contributed by atoms with Crippen LogP contribution >= 0.6 is 0 Å². The molecular formula is C19H23N3O3.